The number of carbonyl (C=O) groups is 1. The van der Waals surface area contributed by atoms with Crippen LogP contribution >= 0.6 is 0 Å². The zero-order valence-electron chi connectivity index (χ0n) is 16.9. The van der Waals surface area contributed by atoms with Gasteiger partial charge in [-0.1, -0.05) is 26.7 Å². The van der Waals surface area contributed by atoms with Crippen LogP contribution in [0.1, 0.15) is 59.3 Å². The van der Waals surface area contributed by atoms with Gasteiger partial charge in [0.25, 0.3) is 0 Å². The van der Waals surface area contributed by atoms with Gasteiger partial charge < -0.3 is 20.3 Å². The third-order valence-electron chi connectivity index (χ3n) is 5.23. The number of nitrogens with zero attached hydrogens (tertiary/aromatic N) is 2. The first-order valence-corrected chi connectivity index (χ1v) is 10.5. The fourth-order valence-corrected chi connectivity index (χ4v) is 3.67. The predicted octanol–water partition coefficient (Wildman–Crippen LogP) is 2.40. The Kier molecular flexibility index (Phi) is 9.23. The van der Waals surface area contributed by atoms with E-state index >= 15 is 0 Å². The van der Waals surface area contributed by atoms with E-state index in [4.69, 9.17) is 4.74 Å². The molecule has 1 saturated heterocycles. The van der Waals surface area contributed by atoms with Crippen molar-refractivity contribution in [1.82, 2.24) is 15.5 Å². The fourth-order valence-electron chi connectivity index (χ4n) is 3.67. The van der Waals surface area contributed by atoms with Gasteiger partial charge in [0.1, 0.15) is 0 Å². The van der Waals surface area contributed by atoms with Crippen molar-refractivity contribution < 1.29 is 9.53 Å². The molecule has 2 rings (SSSR count). The maximum atomic E-state index is 12.6. The number of guanidine groups is 1. The smallest absolute Gasteiger partial charge is 0.225 e. The van der Waals surface area contributed by atoms with Crippen molar-refractivity contribution in [1.29, 1.82) is 0 Å². The molecule has 1 saturated carbocycles. The lowest BCUT2D eigenvalue weighted by Crippen LogP contribution is -2.45. The second-order valence-electron chi connectivity index (χ2n) is 7.95. The van der Waals surface area contributed by atoms with Gasteiger partial charge in [-0.15, -0.1) is 0 Å². The van der Waals surface area contributed by atoms with Gasteiger partial charge >= 0.3 is 0 Å². The van der Waals surface area contributed by atoms with Crippen LogP contribution in [0.3, 0.4) is 0 Å². The molecule has 1 heterocycles. The van der Waals surface area contributed by atoms with E-state index in [2.05, 4.69) is 36.4 Å². The number of hydrogen-bond acceptors (Lipinski definition) is 3. The third kappa shape index (κ3) is 7.14. The molecule has 1 atom stereocenters. The highest BCUT2D eigenvalue weighted by Crippen LogP contribution is 2.27. The van der Waals surface area contributed by atoms with Crippen LogP contribution in [-0.4, -0.2) is 62.2 Å². The van der Waals surface area contributed by atoms with E-state index in [0.29, 0.717) is 31.0 Å². The van der Waals surface area contributed by atoms with Crippen LogP contribution in [0.2, 0.25) is 0 Å². The van der Waals surface area contributed by atoms with Crippen LogP contribution in [-0.2, 0) is 9.53 Å². The van der Waals surface area contributed by atoms with E-state index in [9.17, 15) is 4.79 Å². The number of aliphatic imine (C=N–C) groups is 1. The normalized spacial score (nSPS) is 21.6. The van der Waals surface area contributed by atoms with Crippen molar-refractivity contribution in [3.63, 3.8) is 0 Å². The first kappa shape index (κ1) is 21.0. The van der Waals surface area contributed by atoms with Crippen molar-refractivity contribution in [2.75, 3.05) is 39.4 Å². The minimum Gasteiger partial charge on any atom is -0.380 e. The SMILES string of the molecule is CCNC(=NCCOCCC(C)C)NC1CCN(C(=O)C2CCCC2)C1. The summed E-state index contributed by atoms with van der Waals surface area (Å²) in [6, 6.07) is 0.292. The summed E-state index contributed by atoms with van der Waals surface area (Å²) in [7, 11) is 0. The Morgan fingerprint density at radius 1 is 1.23 bits per heavy atom. The van der Waals surface area contributed by atoms with Gasteiger partial charge in [0.15, 0.2) is 5.96 Å². The Morgan fingerprint density at radius 3 is 2.69 bits per heavy atom. The van der Waals surface area contributed by atoms with Gasteiger partial charge in [0.05, 0.1) is 13.2 Å². The zero-order valence-corrected chi connectivity index (χ0v) is 16.9. The second-order valence-corrected chi connectivity index (χ2v) is 7.95. The number of amides is 1. The number of hydrogen-bond donors (Lipinski definition) is 2. The summed E-state index contributed by atoms with van der Waals surface area (Å²) >= 11 is 0. The molecule has 1 amide bonds. The molecule has 26 heavy (non-hydrogen) atoms. The van der Waals surface area contributed by atoms with Crippen LogP contribution in [0.15, 0.2) is 4.99 Å². The molecule has 0 bridgehead atoms. The summed E-state index contributed by atoms with van der Waals surface area (Å²) in [6.07, 6.45) is 6.66. The quantitative estimate of drug-likeness (QED) is 0.374. The topological polar surface area (TPSA) is 66.0 Å². The molecule has 0 spiro atoms. The molecule has 1 aliphatic carbocycles. The van der Waals surface area contributed by atoms with E-state index in [0.717, 1.165) is 57.9 Å². The Labute approximate surface area is 159 Å². The molecule has 2 N–H and O–H groups in total. The molecule has 1 aliphatic heterocycles. The molecule has 0 aromatic rings. The van der Waals surface area contributed by atoms with Crippen molar-refractivity contribution in [3.05, 3.63) is 0 Å². The Hall–Kier alpha value is -1.30. The first-order valence-electron chi connectivity index (χ1n) is 10.5. The van der Waals surface area contributed by atoms with E-state index in [-0.39, 0.29) is 5.92 Å². The van der Waals surface area contributed by atoms with Gasteiger partial charge in [-0.3, -0.25) is 9.79 Å². The van der Waals surface area contributed by atoms with E-state index in [1.54, 1.807) is 0 Å². The van der Waals surface area contributed by atoms with Crippen molar-refractivity contribution in [2.45, 2.75) is 65.3 Å². The van der Waals surface area contributed by atoms with Crippen LogP contribution in [0.4, 0.5) is 0 Å². The lowest BCUT2D eigenvalue weighted by molar-refractivity contribution is -0.134. The molecule has 6 nitrogen and oxygen atoms in total. The van der Waals surface area contributed by atoms with E-state index < -0.39 is 0 Å². The summed E-state index contributed by atoms with van der Waals surface area (Å²) in [5, 5.41) is 6.79. The molecule has 1 unspecified atom stereocenters. The van der Waals surface area contributed by atoms with E-state index in [1.165, 1.54) is 12.8 Å². The molecule has 0 radical (unpaired) electrons. The average molecular weight is 367 g/mol. The molecule has 0 aromatic heterocycles. The molecule has 2 aliphatic rings. The van der Waals surface area contributed by atoms with Crippen LogP contribution in [0.25, 0.3) is 0 Å². The maximum absolute atomic E-state index is 12.6. The summed E-state index contributed by atoms with van der Waals surface area (Å²) in [4.78, 5) is 19.2. The molecular weight excluding hydrogens is 328 g/mol. The zero-order chi connectivity index (χ0) is 18.8. The number of rotatable bonds is 9. The average Bonchev–Trinajstić information content (AvgIpc) is 3.29. The lowest BCUT2D eigenvalue weighted by atomic mass is 10.1. The monoisotopic (exact) mass is 366 g/mol. The highest BCUT2D eigenvalue weighted by atomic mass is 16.5. The minimum absolute atomic E-state index is 0.277. The maximum Gasteiger partial charge on any atom is 0.225 e. The number of nitrogens with one attached hydrogen (secondary N) is 2. The number of carbonyl (C=O) groups excluding carboxylic acids is 1. The summed E-state index contributed by atoms with van der Waals surface area (Å²) in [6.45, 7) is 11.1. The van der Waals surface area contributed by atoms with Crippen molar-refractivity contribution in [3.8, 4) is 0 Å². The van der Waals surface area contributed by atoms with Gasteiger partial charge in [0, 0.05) is 38.2 Å². The third-order valence-corrected chi connectivity index (χ3v) is 5.23. The van der Waals surface area contributed by atoms with E-state index in [1.807, 2.05) is 4.90 Å². The standard InChI is InChI=1S/C20H38N4O2/c1-4-21-20(22-11-14-26-13-10-16(2)3)23-18-9-12-24(15-18)19(25)17-7-5-6-8-17/h16-18H,4-15H2,1-3H3,(H2,21,22,23). The van der Waals surface area contributed by atoms with Crippen molar-refractivity contribution >= 4 is 11.9 Å². The second kappa shape index (κ2) is 11.4. The lowest BCUT2D eigenvalue weighted by Gasteiger charge is -2.21. The van der Waals surface area contributed by atoms with Gasteiger partial charge in [-0.25, -0.2) is 0 Å². The highest BCUT2D eigenvalue weighted by molar-refractivity contribution is 5.81. The molecule has 2 fully saturated rings. The molecule has 6 heteroatoms. The highest BCUT2D eigenvalue weighted by Gasteiger charge is 2.32. The van der Waals surface area contributed by atoms with Gasteiger partial charge in [0.2, 0.25) is 5.91 Å². The van der Waals surface area contributed by atoms with Gasteiger partial charge in [-0.2, -0.15) is 0 Å². The van der Waals surface area contributed by atoms with Crippen LogP contribution < -0.4 is 10.6 Å². The Bertz CT molecular complexity index is 447. The minimum atomic E-state index is 0.277. The van der Waals surface area contributed by atoms with Crippen molar-refractivity contribution in [2.24, 2.45) is 16.8 Å². The fraction of sp³-hybridized carbons (Fsp3) is 0.900. The number of likely N-dealkylation sites (tertiary alicyclic amines) is 1. The number of ether oxygens (including phenoxy) is 1. The molecule has 150 valence electrons. The van der Waals surface area contributed by atoms with Gasteiger partial charge in [-0.05, 0) is 38.5 Å². The Balaban J connectivity index is 1.71. The first-order chi connectivity index (χ1) is 12.6. The largest absolute Gasteiger partial charge is 0.380 e. The summed E-state index contributed by atoms with van der Waals surface area (Å²) in [5.74, 6) is 2.15. The van der Waals surface area contributed by atoms with Crippen LogP contribution in [0, 0.1) is 11.8 Å². The predicted molar refractivity (Wildman–Crippen MR) is 106 cm³/mol. The molecule has 0 aromatic carbocycles. The molecular formula is C20H38N4O2. The summed E-state index contributed by atoms with van der Waals surface area (Å²) < 4.78 is 5.63. The summed E-state index contributed by atoms with van der Waals surface area (Å²) in [5.41, 5.74) is 0. The Morgan fingerprint density at radius 2 is 2.00 bits per heavy atom. The van der Waals surface area contributed by atoms with Crippen LogP contribution in [0.5, 0.6) is 0 Å².